The molecule has 0 fully saturated rings. The van der Waals surface area contributed by atoms with Crippen LogP contribution in [0, 0.1) is 11.3 Å². The summed E-state index contributed by atoms with van der Waals surface area (Å²) in [5.74, 6) is 0. The first-order valence-electron chi connectivity index (χ1n) is 5.38. The van der Waals surface area contributed by atoms with Gasteiger partial charge in [-0.1, -0.05) is 54.6 Å². The molecule has 0 aliphatic heterocycles. The van der Waals surface area contributed by atoms with Crippen molar-refractivity contribution >= 4 is 0 Å². The van der Waals surface area contributed by atoms with Gasteiger partial charge in [0.2, 0.25) is 0 Å². The number of rotatable bonds is 3. The fourth-order valence-corrected chi connectivity index (χ4v) is 1.80. The van der Waals surface area contributed by atoms with Gasteiger partial charge in [-0.3, -0.25) is 0 Å². The minimum absolute atomic E-state index is 0.489. The topological polar surface area (TPSA) is 23.8 Å². The van der Waals surface area contributed by atoms with E-state index in [1.54, 1.807) is 0 Å². The van der Waals surface area contributed by atoms with E-state index in [9.17, 15) is 0 Å². The minimum Gasteiger partial charge on any atom is -0.198 e. The predicted molar refractivity (Wildman–Crippen MR) is 65.0 cm³/mol. The number of benzene rings is 2. The van der Waals surface area contributed by atoms with Gasteiger partial charge in [-0.05, 0) is 23.1 Å². The third-order valence-electron chi connectivity index (χ3n) is 2.63. The first-order chi connectivity index (χ1) is 7.90. The van der Waals surface area contributed by atoms with Gasteiger partial charge >= 0.3 is 0 Å². The zero-order valence-electron chi connectivity index (χ0n) is 9.06. The quantitative estimate of drug-likeness (QED) is 0.757. The van der Waals surface area contributed by atoms with E-state index in [4.69, 9.17) is 5.26 Å². The summed E-state index contributed by atoms with van der Waals surface area (Å²) in [6, 6.07) is 20.7. The van der Waals surface area contributed by atoms with E-state index in [2.05, 4.69) is 24.3 Å². The molecular weight excluding hydrogens is 194 g/mol. The molecule has 2 aromatic carbocycles. The Morgan fingerprint density at radius 3 is 2.12 bits per heavy atom. The highest BCUT2D eigenvalue weighted by Gasteiger charge is 2.01. The molecule has 0 saturated heterocycles. The molecule has 0 aliphatic carbocycles. The van der Waals surface area contributed by atoms with Crippen LogP contribution in [0.5, 0.6) is 0 Å². The highest BCUT2D eigenvalue weighted by atomic mass is 14.2. The van der Waals surface area contributed by atoms with Gasteiger partial charge in [0.1, 0.15) is 0 Å². The third-order valence-corrected chi connectivity index (χ3v) is 2.63. The Balaban J connectivity index is 2.25. The van der Waals surface area contributed by atoms with Gasteiger partial charge in [0.25, 0.3) is 0 Å². The van der Waals surface area contributed by atoms with Crippen LogP contribution in [0.2, 0.25) is 0 Å². The normalized spacial score (nSPS) is 9.69. The summed E-state index contributed by atoms with van der Waals surface area (Å²) in [4.78, 5) is 0. The SMILES string of the molecule is N#CCc1ccccc1Cc1ccccc1. The van der Waals surface area contributed by atoms with E-state index < -0.39 is 0 Å². The minimum atomic E-state index is 0.489. The summed E-state index contributed by atoms with van der Waals surface area (Å²) in [6.45, 7) is 0. The molecule has 0 unspecified atom stereocenters. The van der Waals surface area contributed by atoms with Crippen LogP contribution in [0.4, 0.5) is 0 Å². The summed E-state index contributed by atoms with van der Waals surface area (Å²) in [7, 11) is 0. The summed E-state index contributed by atoms with van der Waals surface area (Å²) >= 11 is 0. The van der Waals surface area contributed by atoms with Crippen LogP contribution in [0.15, 0.2) is 54.6 Å². The summed E-state index contributed by atoms with van der Waals surface area (Å²) in [5, 5.41) is 8.76. The van der Waals surface area contributed by atoms with Gasteiger partial charge in [-0.15, -0.1) is 0 Å². The van der Waals surface area contributed by atoms with Crippen LogP contribution in [0.3, 0.4) is 0 Å². The van der Waals surface area contributed by atoms with Crippen molar-refractivity contribution in [2.75, 3.05) is 0 Å². The lowest BCUT2D eigenvalue weighted by molar-refractivity contribution is 1.12. The van der Waals surface area contributed by atoms with Gasteiger partial charge in [0, 0.05) is 0 Å². The maximum atomic E-state index is 8.76. The van der Waals surface area contributed by atoms with Crippen LogP contribution in [-0.4, -0.2) is 0 Å². The summed E-state index contributed by atoms with van der Waals surface area (Å²) in [5.41, 5.74) is 3.66. The van der Waals surface area contributed by atoms with Crippen molar-refractivity contribution in [3.63, 3.8) is 0 Å². The molecule has 0 spiro atoms. The molecule has 0 N–H and O–H groups in total. The molecular formula is C15H13N. The van der Waals surface area contributed by atoms with Crippen LogP contribution in [-0.2, 0) is 12.8 Å². The Labute approximate surface area is 96.0 Å². The average Bonchev–Trinajstić information content (AvgIpc) is 2.33. The standard InChI is InChI=1S/C15H13N/c16-11-10-14-8-4-5-9-15(14)12-13-6-2-1-3-7-13/h1-9H,10,12H2. The number of hydrogen-bond acceptors (Lipinski definition) is 1. The van der Waals surface area contributed by atoms with Crippen molar-refractivity contribution in [2.45, 2.75) is 12.8 Å². The highest BCUT2D eigenvalue weighted by molar-refractivity contribution is 5.34. The molecule has 2 aromatic rings. The van der Waals surface area contributed by atoms with Crippen molar-refractivity contribution in [3.8, 4) is 6.07 Å². The number of hydrogen-bond donors (Lipinski definition) is 0. The molecule has 0 saturated carbocycles. The summed E-state index contributed by atoms with van der Waals surface area (Å²) in [6.07, 6.45) is 1.39. The Morgan fingerprint density at radius 1 is 0.812 bits per heavy atom. The van der Waals surface area contributed by atoms with E-state index in [1.807, 2.05) is 36.4 Å². The Bertz CT molecular complexity index is 494. The maximum Gasteiger partial charge on any atom is 0.0669 e. The smallest absolute Gasteiger partial charge is 0.0669 e. The zero-order valence-corrected chi connectivity index (χ0v) is 9.06. The zero-order chi connectivity index (χ0) is 11.2. The molecule has 0 atom stereocenters. The molecule has 0 aliphatic rings. The number of nitrogens with zero attached hydrogens (tertiary/aromatic N) is 1. The summed E-state index contributed by atoms with van der Waals surface area (Å²) < 4.78 is 0. The van der Waals surface area contributed by atoms with Crippen LogP contribution in [0.1, 0.15) is 16.7 Å². The molecule has 0 heterocycles. The third kappa shape index (κ3) is 2.49. The lowest BCUT2D eigenvalue weighted by Gasteiger charge is -2.06. The molecule has 78 valence electrons. The Morgan fingerprint density at radius 2 is 1.44 bits per heavy atom. The first-order valence-corrected chi connectivity index (χ1v) is 5.38. The van der Waals surface area contributed by atoms with Crippen molar-refractivity contribution in [1.29, 1.82) is 5.26 Å². The van der Waals surface area contributed by atoms with E-state index >= 15 is 0 Å². The molecule has 0 radical (unpaired) electrons. The molecule has 2 rings (SSSR count). The van der Waals surface area contributed by atoms with E-state index in [0.29, 0.717) is 6.42 Å². The fraction of sp³-hybridized carbons (Fsp3) is 0.133. The second-order valence-corrected chi connectivity index (χ2v) is 3.77. The fourth-order valence-electron chi connectivity index (χ4n) is 1.80. The second kappa shape index (κ2) is 5.14. The average molecular weight is 207 g/mol. The predicted octanol–water partition coefficient (Wildman–Crippen LogP) is 3.34. The van der Waals surface area contributed by atoms with Crippen LogP contribution < -0.4 is 0 Å². The maximum absolute atomic E-state index is 8.76. The Kier molecular flexibility index (Phi) is 3.35. The van der Waals surface area contributed by atoms with Gasteiger partial charge < -0.3 is 0 Å². The van der Waals surface area contributed by atoms with Gasteiger partial charge in [-0.2, -0.15) is 5.26 Å². The van der Waals surface area contributed by atoms with Gasteiger partial charge in [0.15, 0.2) is 0 Å². The second-order valence-electron chi connectivity index (χ2n) is 3.77. The largest absolute Gasteiger partial charge is 0.198 e. The van der Waals surface area contributed by atoms with E-state index in [-0.39, 0.29) is 0 Å². The lowest BCUT2D eigenvalue weighted by atomic mass is 9.98. The Hall–Kier alpha value is -2.07. The van der Waals surface area contributed by atoms with Crippen molar-refractivity contribution in [2.24, 2.45) is 0 Å². The van der Waals surface area contributed by atoms with Crippen LogP contribution in [0.25, 0.3) is 0 Å². The van der Waals surface area contributed by atoms with Crippen molar-refractivity contribution in [3.05, 3.63) is 71.3 Å². The van der Waals surface area contributed by atoms with E-state index in [1.165, 1.54) is 11.1 Å². The van der Waals surface area contributed by atoms with Gasteiger partial charge in [0.05, 0.1) is 12.5 Å². The molecule has 0 amide bonds. The monoisotopic (exact) mass is 207 g/mol. The van der Waals surface area contributed by atoms with Crippen LogP contribution >= 0.6 is 0 Å². The molecule has 1 nitrogen and oxygen atoms in total. The van der Waals surface area contributed by atoms with Crippen molar-refractivity contribution in [1.82, 2.24) is 0 Å². The number of nitriles is 1. The molecule has 0 aromatic heterocycles. The molecule has 16 heavy (non-hydrogen) atoms. The van der Waals surface area contributed by atoms with Crippen molar-refractivity contribution < 1.29 is 0 Å². The lowest BCUT2D eigenvalue weighted by Crippen LogP contribution is -1.94. The van der Waals surface area contributed by atoms with E-state index in [0.717, 1.165) is 12.0 Å². The first kappa shape index (κ1) is 10.4. The highest BCUT2D eigenvalue weighted by Crippen LogP contribution is 2.14. The van der Waals surface area contributed by atoms with Gasteiger partial charge in [-0.25, -0.2) is 0 Å². The molecule has 1 heteroatoms. The molecule has 0 bridgehead atoms.